The zero-order valence-electron chi connectivity index (χ0n) is 11.6. The predicted molar refractivity (Wildman–Crippen MR) is 87.6 cm³/mol. The summed E-state index contributed by atoms with van der Waals surface area (Å²) in [7, 11) is -3.77. The van der Waals surface area contributed by atoms with E-state index >= 15 is 0 Å². The summed E-state index contributed by atoms with van der Waals surface area (Å²) in [4.78, 5) is 11.2. The molecule has 21 heavy (non-hydrogen) atoms. The number of hydrogen-bond donors (Lipinski definition) is 2. The van der Waals surface area contributed by atoms with Crippen molar-refractivity contribution in [2.75, 3.05) is 6.54 Å². The highest BCUT2D eigenvalue weighted by atomic mass is 79.9. The molecular formula is C13H17Br2NO4S. The van der Waals surface area contributed by atoms with Crippen molar-refractivity contribution in [3.63, 3.8) is 0 Å². The summed E-state index contributed by atoms with van der Waals surface area (Å²) < 4.78 is 27.9. The summed E-state index contributed by atoms with van der Waals surface area (Å²) >= 11 is 6.40. The molecule has 2 N–H and O–H groups in total. The highest BCUT2D eigenvalue weighted by Crippen LogP contribution is 2.25. The van der Waals surface area contributed by atoms with Crippen LogP contribution >= 0.6 is 31.9 Å². The topological polar surface area (TPSA) is 83.5 Å². The molecule has 0 fully saturated rings. The van der Waals surface area contributed by atoms with E-state index in [1.165, 1.54) is 6.07 Å². The monoisotopic (exact) mass is 441 g/mol. The minimum Gasteiger partial charge on any atom is -0.481 e. The number of sulfonamides is 1. The van der Waals surface area contributed by atoms with E-state index in [1.54, 1.807) is 12.1 Å². The van der Waals surface area contributed by atoms with Gasteiger partial charge in [-0.3, -0.25) is 4.79 Å². The SMILES string of the molecule is CC(C)CC(CNS(=O)(=O)c1cc(Br)ccc1Br)C(=O)O. The van der Waals surface area contributed by atoms with E-state index in [1.807, 2.05) is 13.8 Å². The van der Waals surface area contributed by atoms with Crippen molar-refractivity contribution in [2.24, 2.45) is 11.8 Å². The highest BCUT2D eigenvalue weighted by Gasteiger charge is 2.24. The smallest absolute Gasteiger partial charge is 0.307 e. The molecule has 0 aliphatic rings. The van der Waals surface area contributed by atoms with Gasteiger partial charge in [0.2, 0.25) is 10.0 Å². The summed E-state index contributed by atoms with van der Waals surface area (Å²) in [6, 6.07) is 4.79. The first-order valence-electron chi connectivity index (χ1n) is 6.31. The Bertz CT molecular complexity index is 617. The van der Waals surface area contributed by atoms with Gasteiger partial charge in [0.05, 0.1) is 10.8 Å². The number of benzene rings is 1. The Morgan fingerprint density at radius 3 is 2.48 bits per heavy atom. The standard InChI is InChI=1S/C13H17Br2NO4S/c1-8(2)5-9(13(17)18)7-16-21(19,20)12-6-10(14)3-4-11(12)15/h3-4,6,8-9,16H,5,7H2,1-2H3,(H,17,18). The van der Waals surface area contributed by atoms with Crippen LogP contribution in [-0.4, -0.2) is 26.0 Å². The molecule has 1 unspecified atom stereocenters. The van der Waals surface area contributed by atoms with Crippen molar-refractivity contribution in [1.82, 2.24) is 4.72 Å². The predicted octanol–water partition coefficient (Wildman–Crippen LogP) is 3.24. The molecule has 0 aliphatic heterocycles. The van der Waals surface area contributed by atoms with Crippen LogP contribution in [-0.2, 0) is 14.8 Å². The van der Waals surface area contributed by atoms with Crippen LogP contribution in [0.4, 0.5) is 0 Å². The maximum atomic E-state index is 12.3. The Kier molecular flexibility index (Phi) is 6.83. The van der Waals surface area contributed by atoms with Crippen LogP contribution in [0.1, 0.15) is 20.3 Å². The van der Waals surface area contributed by atoms with Crippen molar-refractivity contribution in [1.29, 1.82) is 0 Å². The molecule has 118 valence electrons. The first-order valence-corrected chi connectivity index (χ1v) is 9.38. The van der Waals surface area contributed by atoms with Gasteiger partial charge in [-0.15, -0.1) is 0 Å². The van der Waals surface area contributed by atoms with Crippen molar-refractivity contribution in [2.45, 2.75) is 25.2 Å². The second kappa shape index (κ2) is 7.71. The average molecular weight is 443 g/mol. The maximum absolute atomic E-state index is 12.3. The Labute approximate surface area is 141 Å². The zero-order valence-corrected chi connectivity index (χ0v) is 15.6. The van der Waals surface area contributed by atoms with E-state index in [0.717, 1.165) is 0 Å². The molecule has 1 aromatic rings. The molecule has 0 aromatic heterocycles. The number of rotatable bonds is 7. The Balaban J connectivity index is 2.89. The molecule has 0 saturated carbocycles. The molecule has 1 rings (SSSR count). The molecule has 8 heteroatoms. The van der Waals surface area contributed by atoms with Gasteiger partial charge < -0.3 is 5.11 Å². The quantitative estimate of drug-likeness (QED) is 0.678. The molecule has 0 aliphatic carbocycles. The zero-order chi connectivity index (χ0) is 16.2. The van der Waals surface area contributed by atoms with Gasteiger partial charge in [0.15, 0.2) is 0 Å². The third-order valence-electron chi connectivity index (χ3n) is 2.81. The van der Waals surface area contributed by atoms with Crippen LogP contribution in [0, 0.1) is 11.8 Å². The van der Waals surface area contributed by atoms with Crippen LogP contribution in [0.3, 0.4) is 0 Å². The van der Waals surface area contributed by atoms with Crippen molar-refractivity contribution >= 4 is 47.9 Å². The lowest BCUT2D eigenvalue weighted by molar-refractivity contribution is -0.142. The van der Waals surface area contributed by atoms with Crippen molar-refractivity contribution in [3.05, 3.63) is 27.1 Å². The van der Waals surface area contributed by atoms with Crippen LogP contribution in [0.15, 0.2) is 32.0 Å². The van der Waals surface area contributed by atoms with E-state index in [9.17, 15) is 13.2 Å². The van der Waals surface area contributed by atoms with Gasteiger partial charge in [-0.2, -0.15) is 0 Å². The van der Waals surface area contributed by atoms with Gasteiger partial charge in [-0.1, -0.05) is 29.8 Å². The van der Waals surface area contributed by atoms with Crippen molar-refractivity contribution < 1.29 is 18.3 Å². The van der Waals surface area contributed by atoms with Gasteiger partial charge in [-0.05, 0) is 46.5 Å². The summed E-state index contributed by atoms with van der Waals surface area (Å²) in [6.45, 7) is 3.67. The Hall–Kier alpha value is -0.440. The molecule has 1 aromatic carbocycles. The van der Waals surface area contributed by atoms with Gasteiger partial charge in [0, 0.05) is 15.5 Å². The minimum atomic E-state index is -3.77. The minimum absolute atomic E-state index is 0.0746. The first-order chi connectivity index (χ1) is 9.63. The van der Waals surface area contributed by atoms with Crippen LogP contribution in [0.5, 0.6) is 0 Å². The number of hydrogen-bond acceptors (Lipinski definition) is 3. The van der Waals surface area contributed by atoms with E-state index < -0.39 is 21.9 Å². The van der Waals surface area contributed by atoms with E-state index in [4.69, 9.17) is 5.11 Å². The normalized spacial score (nSPS) is 13.4. The van der Waals surface area contributed by atoms with E-state index in [2.05, 4.69) is 36.6 Å². The van der Waals surface area contributed by atoms with Crippen LogP contribution in [0.25, 0.3) is 0 Å². The van der Waals surface area contributed by atoms with Gasteiger partial charge in [-0.25, -0.2) is 13.1 Å². The van der Waals surface area contributed by atoms with Gasteiger partial charge in [0.1, 0.15) is 0 Å². The van der Waals surface area contributed by atoms with Crippen LogP contribution < -0.4 is 4.72 Å². The lowest BCUT2D eigenvalue weighted by atomic mass is 9.98. The van der Waals surface area contributed by atoms with Gasteiger partial charge in [0.25, 0.3) is 0 Å². The maximum Gasteiger partial charge on any atom is 0.307 e. The molecule has 1 atom stereocenters. The molecule has 0 spiro atoms. The fourth-order valence-corrected chi connectivity index (χ4v) is 4.39. The second-order valence-electron chi connectivity index (χ2n) is 5.09. The molecule has 0 bridgehead atoms. The second-order valence-corrected chi connectivity index (χ2v) is 8.60. The third-order valence-corrected chi connectivity index (χ3v) is 5.72. The van der Waals surface area contributed by atoms with Crippen molar-refractivity contribution in [3.8, 4) is 0 Å². The molecule has 0 saturated heterocycles. The number of carboxylic acid groups (broad SMARTS) is 1. The Morgan fingerprint density at radius 2 is 1.95 bits per heavy atom. The molecule has 5 nitrogen and oxygen atoms in total. The Morgan fingerprint density at radius 1 is 1.33 bits per heavy atom. The molecule has 0 amide bonds. The number of carbonyl (C=O) groups is 1. The van der Waals surface area contributed by atoms with E-state index in [0.29, 0.717) is 15.4 Å². The molecule has 0 heterocycles. The van der Waals surface area contributed by atoms with Crippen LogP contribution in [0.2, 0.25) is 0 Å². The average Bonchev–Trinajstić information content (AvgIpc) is 2.36. The summed E-state index contributed by atoms with van der Waals surface area (Å²) in [6.07, 6.45) is 0.414. The number of carboxylic acids is 1. The third kappa shape index (κ3) is 5.69. The summed E-state index contributed by atoms with van der Waals surface area (Å²) in [5.74, 6) is -1.57. The molecule has 0 radical (unpaired) electrons. The summed E-state index contributed by atoms with van der Waals surface area (Å²) in [5, 5.41) is 9.14. The number of halogens is 2. The van der Waals surface area contributed by atoms with E-state index in [-0.39, 0.29) is 17.4 Å². The fourth-order valence-electron chi connectivity index (χ4n) is 1.81. The lowest BCUT2D eigenvalue weighted by Crippen LogP contribution is -2.33. The molecular weight excluding hydrogens is 426 g/mol. The number of nitrogens with one attached hydrogen (secondary N) is 1. The largest absolute Gasteiger partial charge is 0.481 e. The fraction of sp³-hybridized carbons (Fsp3) is 0.462. The van der Waals surface area contributed by atoms with Gasteiger partial charge >= 0.3 is 5.97 Å². The number of aliphatic carboxylic acids is 1. The first kappa shape index (κ1) is 18.6. The highest BCUT2D eigenvalue weighted by molar-refractivity contribution is 9.11. The summed E-state index contributed by atoms with van der Waals surface area (Å²) in [5.41, 5.74) is 0. The lowest BCUT2D eigenvalue weighted by Gasteiger charge is -2.16.